The molecule has 0 saturated carbocycles. The van der Waals surface area contributed by atoms with Crippen LogP contribution in [0.3, 0.4) is 0 Å². The number of anilines is 1. The van der Waals surface area contributed by atoms with Gasteiger partial charge in [-0.25, -0.2) is 4.98 Å². The van der Waals surface area contributed by atoms with Gasteiger partial charge in [0.05, 0.1) is 0 Å². The van der Waals surface area contributed by atoms with Gasteiger partial charge in [0.15, 0.2) is 0 Å². The number of hydrogen-bond acceptors (Lipinski definition) is 5. The zero-order valence-electron chi connectivity index (χ0n) is 13.0. The van der Waals surface area contributed by atoms with Gasteiger partial charge in [-0.15, -0.1) is 0 Å². The molecule has 0 aromatic carbocycles. The Kier molecular flexibility index (Phi) is 5.34. The first-order chi connectivity index (χ1) is 9.60. The van der Waals surface area contributed by atoms with Gasteiger partial charge >= 0.3 is 0 Å². The molecule has 0 amide bonds. The summed E-state index contributed by atoms with van der Waals surface area (Å²) < 4.78 is 0. The lowest BCUT2D eigenvalue weighted by molar-refractivity contribution is 0.229. The first-order valence-electron chi connectivity index (χ1n) is 7.38. The summed E-state index contributed by atoms with van der Waals surface area (Å²) in [6.07, 6.45) is 1.90. The summed E-state index contributed by atoms with van der Waals surface area (Å²) in [6.45, 7) is 9.32. The largest absolute Gasteiger partial charge is 0.354 e. The first-order valence-corrected chi connectivity index (χ1v) is 7.38. The van der Waals surface area contributed by atoms with E-state index in [9.17, 15) is 0 Å². The second kappa shape index (κ2) is 7.02. The van der Waals surface area contributed by atoms with E-state index in [2.05, 4.69) is 46.8 Å². The molecule has 1 aliphatic heterocycles. The Balaban J connectivity index is 1.90. The molecule has 112 valence electrons. The van der Waals surface area contributed by atoms with Gasteiger partial charge in [-0.05, 0) is 38.2 Å². The smallest absolute Gasteiger partial charge is 0.131 e. The third-order valence-corrected chi connectivity index (χ3v) is 3.88. The van der Waals surface area contributed by atoms with Crippen LogP contribution in [0.25, 0.3) is 0 Å². The molecule has 0 aliphatic carbocycles. The molecule has 0 unspecified atom stereocenters. The minimum atomic E-state index is 0.562. The van der Waals surface area contributed by atoms with Crippen molar-refractivity contribution in [3.8, 4) is 0 Å². The van der Waals surface area contributed by atoms with E-state index < -0.39 is 0 Å². The number of rotatable bonds is 5. The van der Waals surface area contributed by atoms with Crippen molar-refractivity contribution < 1.29 is 0 Å². The number of hydrogen-bond donors (Lipinski definition) is 1. The zero-order chi connectivity index (χ0) is 14.5. The summed E-state index contributed by atoms with van der Waals surface area (Å²) in [5.41, 5.74) is 8.00. The van der Waals surface area contributed by atoms with Crippen molar-refractivity contribution in [2.75, 3.05) is 58.3 Å². The van der Waals surface area contributed by atoms with Crippen LogP contribution in [0.15, 0.2) is 12.3 Å². The van der Waals surface area contributed by atoms with Crippen LogP contribution in [0.1, 0.15) is 11.1 Å². The van der Waals surface area contributed by atoms with Crippen molar-refractivity contribution >= 4 is 5.82 Å². The molecule has 2 rings (SSSR count). The molecular weight excluding hydrogens is 250 g/mol. The number of pyridine rings is 1. The Morgan fingerprint density at radius 2 is 1.95 bits per heavy atom. The van der Waals surface area contributed by atoms with Gasteiger partial charge in [0, 0.05) is 52.0 Å². The van der Waals surface area contributed by atoms with Crippen LogP contribution in [0, 0.1) is 6.92 Å². The van der Waals surface area contributed by atoms with E-state index in [1.807, 2.05) is 6.20 Å². The number of aromatic nitrogens is 1. The monoisotopic (exact) mass is 277 g/mol. The number of nitrogens with two attached hydrogens (primary N) is 1. The maximum atomic E-state index is 5.66. The normalized spacial score (nSPS) is 16.9. The molecule has 2 N–H and O–H groups in total. The van der Waals surface area contributed by atoms with Crippen molar-refractivity contribution in [2.24, 2.45) is 5.73 Å². The van der Waals surface area contributed by atoms with Crippen molar-refractivity contribution in [2.45, 2.75) is 13.5 Å². The fourth-order valence-electron chi connectivity index (χ4n) is 2.59. The fraction of sp³-hybridized carbons (Fsp3) is 0.667. The minimum absolute atomic E-state index is 0.562. The van der Waals surface area contributed by atoms with Gasteiger partial charge in [0.1, 0.15) is 5.82 Å². The van der Waals surface area contributed by atoms with Crippen LogP contribution in [-0.4, -0.2) is 68.1 Å². The second-order valence-electron chi connectivity index (χ2n) is 5.82. The summed E-state index contributed by atoms with van der Waals surface area (Å²) in [6, 6.07) is 2.15. The minimum Gasteiger partial charge on any atom is -0.354 e. The highest BCUT2D eigenvalue weighted by molar-refractivity contribution is 5.47. The van der Waals surface area contributed by atoms with E-state index in [-0.39, 0.29) is 0 Å². The van der Waals surface area contributed by atoms with Crippen molar-refractivity contribution in [3.05, 3.63) is 23.4 Å². The number of aryl methyl sites for hydroxylation is 1. The lowest BCUT2D eigenvalue weighted by Crippen LogP contribution is -2.48. The predicted molar refractivity (Wildman–Crippen MR) is 84.1 cm³/mol. The van der Waals surface area contributed by atoms with Gasteiger partial charge in [-0.2, -0.15) is 0 Å². The Bertz CT molecular complexity index is 424. The van der Waals surface area contributed by atoms with E-state index >= 15 is 0 Å². The van der Waals surface area contributed by atoms with Gasteiger partial charge in [-0.3, -0.25) is 4.90 Å². The van der Waals surface area contributed by atoms with Crippen LogP contribution in [0.2, 0.25) is 0 Å². The van der Waals surface area contributed by atoms with E-state index in [4.69, 9.17) is 5.73 Å². The molecule has 1 fully saturated rings. The molecule has 1 aliphatic rings. The third-order valence-electron chi connectivity index (χ3n) is 3.88. The maximum absolute atomic E-state index is 5.66. The SMILES string of the molecule is Cc1cc(CN)cnc1N1CCN(CCN(C)C)CC1. The van der Waals surface area contributed by atoms with Gasteiger partial charge in [-0.1, -0.05) is 0 Å². The van der Waals surface area contributed by atoms with E-state index in [0.717, 1.165) is 50.6 Å². The quantitative estimate of drug-likeness (QED) is 0.851. The van der Waals surface area contributed by atoms with Gasteiger partial charge in [0.2, 0.25) is 0 Å². The molecule has 1 aromatic rings. The highest BCUT2D eigenvalue weighted by Gasteiger charge is 2.19. The van der Waals surface area contributed by atoms with Crippen LogP contribution in [0.5, 0.6) is 0 Å². The summed E-state index contributed by atoms with van der Waals surface area (Å²) >= 11 is 0. The lowest BCUT2D eigenvalue weighted by Gasteiger charge is -2.36. The second-order valence-corrected chi connectivity index (χ2v) is 5.82. The highest BCUT2D eigenvalue weighted by atomic mass is 15.3. The van der Waals surface area contributed by atoms with Crippen LogP contribution < -0.4 is 10.6 Å². The molecule has 0 bridgehead atoms. The third kappa shape index (κ3) is 3.91. The topological polar surface area (TPSA) is 48.6 Å². The average molecular weight is 277 g/mol. The standard InChI is InChI=1S/C15H27N5/c1-13-10-14(11-16)12-17-15(13)20-8-6-19(7-9-20)5-4-18(2)3/h10,12H,4-9,11,16H2,1-3H3. The Hall–Kier alpha value is -1.17. The summed E-state index contributed by atoms with van der Waals surface area (Å²) in [7, 11) is 4.26. The summed E-state index contributed by atoms with van der Waals surface area (Å²) in [5, 5.41) is 0. The molecule has 2 heterocycles. The number of likely N-dealkylation sites (N-methyl/N-ethyl adjacent to an activating group) is 1. The molecule has 0 spiro atoms. The predicted octanol–water partition coefficient (Wildman–Crippen LogP) is 0.532. The van der Waals surface area contributed by atoms with Crippen LogP contribution in [-0.2, 0) is 6.54 Å². The molecule has 0 radical (unpaired) electrons. The van der Waals surface area contributed by atoms with E-state index in [1.165, 1.54) is 5.56 Å². The average Bonchev–Trinajstić information content (AvgIpc) is 2.45. The molecule has 0 atom stereocenters. The van der Waals surface area contributed by atoms with Gasteiger partial charge < -0.3 is 15.5 Å². The Morgan fingerprint density at radius 3 is 2.50 bits per heavy atom. The zero-order valence-corrected chi connectivity index (χ0v) is 13.0. The molecule has 1 saturated heterocycles. The summed E-state index contributed by atoms with van der Waals surface area (Å²) in [5.74, 6) is 1.12. The molecular formula is C15H27N5. The van der Waals surface area contributed by atoms with E-state index in [1.54, 1.807) is 0 Å². The van der Waals surface area contributed by atoms with E-state index in [0.29, 0.717) is 6.54 Å². The first kappa shape index (κ1) is 15.2. The van der Waals surface area contributed by atoms with Crippen molar-refractivity contribution in [3.63, 3.8) is 0 Å². The number of piperazine rings is 1. The van der Waals surface area contributed by atoms with Crippen LogP contribution in [0.4, 0.5) is 5.82 Å². The Labute approximate surface area is 122 Å². The lowest BCUT2D eigenvalue weighted by atomic mass is 10.2. The van der Waals surface area contributed by atoms with Crippen LogP contribution >= 0.6 is 0 Å². The molecule has 5 nitrogen and oxygen atoms in total. The molecule has 20 heavy (non-hydrogen) atoms. The molecule has 1 aromatic heterocycles. The highest BCUT2D eigenvalue weighted by Crippen LogP contribution is 2.19. The maximum Gasteiger partial charge on any atom is 0.131 e. The van der Waals surface area contributed by atoms with Gasteiger partial charge in [0.25, 0.3) is 0 Å². The van der Waals surface area contributed by atoms with Crippen molar-refractivity contribution in [1.29, 1.82) is 0 Å². The fourth-order valence-corrected chi connectivity index (χ4v) is 2.59. The molecule has 5 heteroatoms. The Morgan fingerprint density at radius 1 is 1.25 bits per heavy atom. The number of nitrogens with zero attached hydrogens (tertiary/aromatic N) is 4. The summed E-state index contributed by atoms with van der Waals surface area (Å²) in [4.78, 5) is 11.7. The van der Waals surface area contributed by atoms with Crippen molar-refractivity contribution in [1.82, 2.24) is 14.8 Å².